The molecule has 1 fully saturated rings. The predicted molar refractivity (Wildman–Crippen MR) is 69.2 cm³/mol. The van der Waals surface area contributed by atoms with Crippen molar-refractivity contribution in [3.05, 3.63) is 34.3 Å². The van der Waals surface area contributed by atoms with E-state index >= 15 is 0 Å². The van der Waals surface area contributed by atoms with Gasteiger partial charge >= 0.3 is 0 Å². The number of aliphatic hydroxyl groups excluding tert-OH is 1. The summed E-state index contributed by atoms with van der Waals surface area (Å²) in [6, 6.07) is 8.76. The highest BCUT2D eigenvalue weighted by Gasteiger charge is 2.30. The summed E-state index contributed by atoms with van der Waals surface area (Å²) in [5.41, 5.74) is 1.32. The average Bonchev–Trinajstić information content (AvgIpc) is 2.63. The van der Waals surface area contributed by atoms with Crippen LogP contribution in [0.5, 0.6) is 0 Å². The number of rotatable bonds is 3. The van der Waals surface area contributed by atoms with Gasteiger partial charge in [-0.15, -0.1) is 0 Å². The maximum atomic E-state index is 9.38. The summed E-state index contributed by atoms with van der Waals surface area (Å²) < 4.78 is 1.12. The lowest BCUT2D eigenvalue weighted by atomic mass is 10.0. The zero-order valence-corrected chi connectivity index (χ0v) is 11.2. The van der Waals surface area contributed by atoms with Crippen LogP contribution in [0, 0.1) is 5.92 Å². The van der Waals surface area contributed by atoms with E-state index in [1.807, 2.05) is 0 Å². The molecule has 2 unspecified atom stereocenters. The van der Waals surface area contributed by atoms with Crippen LogP contribution in [0.25, 0.3) is 0 Å². The highest BCUT2D eigenvalue weighted by atomic mass is 79.9. The Bertz CT molecular complexity index is 338. The molecule has 1 aliphatic heterocycles. The first kappa shape index (κ1) is 12.1. The molecule has 0 bridgehead atoms. The van der Waals surface area contributed by atoms with Crippen molar-refractivity contribution in [3.63, 3.8) is 0 Å². The maximum absolute atomic E-state index is 9.38. The van der Waals surface area contributed by atoms with Gasteiger partial charge in [0, 0.05) is 17.1 Å². The minimum atomic E-state index is 0.275. The van der Waals surface area contributed by atoms with E-state index in [9.17, 15) is 5.11 Å². The standard InChI is InChI=1S/C13H18BrNO/c1-10-6-7-15(13(10)9-16)8-11-2-4-12(14)5-3-11/h2-5,10,13,16H,6-9H2,1H3. The lowest BCUT2D eigenvalue weighted by Gasteiger charge is -2.25. The minimum absolute atomic E-state index is 0.275. The van der Waals surface area contributed by atoms with Gasteiger partial charge in [0.05, 0.1) is 6.61 Å². The van der Waals surface area contributed by atoms with Gasteiger partial charge in [-0.25, -0.2) is 0 Å². The largest absolute Gasteiger partial charge is 0.395 e. The Kier molecular flexibility index (Phi) is 4.00. The summed E-state index contributed by atoms with van der Waals surface area (Å²) in [6.45, 7) is 4.55. The number of hydrogen-bond donors (Lipinski definition) is 1. The third kappa shape index (κ3) is 2.65. The summed E-state index contributed by atoms with van der Waals surface area (Å²) in [4.78, 5) is 2.38. The van der Waals surface area contributed by atoms with Crippen LogP contribution >= 0.6 is 15.9 Å². The Morgan fingerprint density at radius 2 is 2.06 bits per heavy atom. The second-order valence-electron chi connectivity index (χ2n) is 4.61. The minimum Gasteiger partial charge on any atom is -0.395 e. The Morgan fingerprint density at radius 3 is 2.69 bits per heavy atom. The molecule has 0 aromatic heterocycles. The van der Waals surface area contributed by atoms with E-state index < -0.39 is 0 Å². The third-order valence-electron chi connectivity index (χ3n) is 3.48. The maximum Gasteiger partial charge on any atom is 0.0589 e. The van der Waals surface area contributed by atoms with Crippen LogP contribution in [-0.4, -0.2) is 29.2 Å². The second-order valence-corrected chi connectivity index (χ2v) is 5.53. The fourth-order valence-corrected chi connectivity index (χ4v) is 2.67. The molecule has 1 N–H and O–H groups in total. The summed E-state index contributed by atoms with van der Waals surface area (Å²) in [7, 11) is 0. The molecule has 1 aromatic carbocycles. The van der Waals surface area contributed by atoms with Gasteiger partial charge in [0.15, 0.2) is 0 Å². The van der Waals surface area contributed by atoms with Gasteiger partial charge in [-0.2, -0.15) is 0 Å². The molecule has 0 radical (unpaired) electrons. The van der Waals surface area contributed by atoms with E-state index in [4.69, 9.17) is 0 Å². The molecule has 0 aliphatic carbocycles. The average molecular weight is 284 g/mol. The Labute approximate surface area is 105 Å². The molecule has 1 aromatic rings. The van der Waals surface area contributed by atoms with Crippen molar-refractivity contribution in [1.29, 1.82) is 0 Å². The fourth-order valence-electron chi connectivity index (χ4n) is 2.40. The molecule has 2 nitrogen and oxygen atoms in total. The predicted octanol–water partition coefficient (Wildman–Crippen LogP) is 2.65. The first-order valence-electron chi connectivity index (χ1n) is 5.80. The number of likely N-dealkylation sites (tertiary alicyclic amines) is 1. The summed E-state index contributed by atoms with van der Waals surface area (Å²) >= 11 is 3.44. The first-order chi connectivity index (χ1) is 7.70. The summed E-state index contributed by atoms with van der Waals surface area (Å²) in [5.74, 6) is 0.612. The van der Waals surface area contributed by atoms with Crippen molar-refractivity contribution >= 4 is 15.9 Å². The molecule has 1 aliphatic rings. The van der Waals surface area contributed by atoms with Gasteiger partial charge in [-0.05, 0) is 36.6 Å². The molecule has 1 saturated heterocycles. The monoisotopic (exact) mass is 283 g/mol. The second kappa shape index (κ2) is 5.30. The molecule has 16 heavy (non-hydrogen) atoms. The molecule has 1 heterocycles. The normalized spacial score (nSPS) is 26.2. The molecule has 2 rings (SSSR count). The topological polar surface area (TPSA) is 23.5 Å². The van der Waals surface area contributed by atoms with Crippen LogP contribution in [0.4, 0.5) is 0 Å². The zero-order chi connectivity index (χ0) is 11.5. The van der Waals surface area contributed by atoms with Crippen LogP contribution < -0.4 is 0 Å². The van der Waals surface area contributed by atoms with E-state index in [1.54, 1.807) is 0 Å². The molecular formula is C13H18BrNO. The molecule has 0 saturated carbocycles. The van der Waals surface area contributed by atoms with Crippen molar-refractivity contribution in [3.8, 4) is 0 Å². The van der Waals surface area contributed by atoms with Gasteiger partial charge in [-0.1, -0.05) is 35.0 Å². The van der Waals surface area contributed by atoms with E-state index in [0.717, 1.165) is 17.6 Å². The van der Waals surface area contributed by atoms with Crippen LogP contribution in [0.15, 0.2) is 28.7 Å². The van der Waals surface area contributed by atoms with Gasteiger partial charge in [-0.3, -0.25) is 4.90 Å². The van der Waals surface area contributed by atoms with Crippen LogP contribution in [0.3, 0.4) is 0 Å². The van der Waals surface area contributed by atoms with E-state index in [2.05, 4.69) is 52.0 Å². The molecular weight excluding hydrogens is 266 g/mol. The van der Waals surface area contributed by atoms with E-state index in [-0.39, 0.29) is 6.61 Å². The Hall–Kier alpha value is -0.380. The third-order valence-corrected chi connectivity index (χ3v) is 4.01. The van der Waals surface area contributed by atoms with Crippen LogP contribution in [0.2, 0.25) is 0 Å². The number of benzene rings is 1. The number of nitrogens with zero attached hydrogens (tertiary/aromatic N) is 1. The Balaban J connectivity index is 2.01. The van der Waals surface area contributed by atoms with Crippen molar-refractivity contribution in [1.82, 2.24) is 4.90 Å². The molecule has 3 heteroatoms. The van der Waals surface area contributed by atoms with Gasteiger partial charge in [0.25, 0.3) is 0 Å². The van der Waals surface area contributed by atoms with Gasteiger partial charge in [0.1, 0.15) is 0 Å². The van der Waals surface area contributed by atoms with Crippen LogP contribution in [-0.2, 0) is 6.54 Å². The summed E-state index contributed by atoms with van der Waals surface area (Å²) in [5, 5.41) is 9.38. The van der Waals surface area contributed by atoms with Crippen molar-refractivity contribution in [2.75, 3.05) is 13.2 Å². The molecule has 0 spiro atoms. The summed E-state index contributed by atoms with van der Waals surface area (Å²) in [6.07, 6.45) is 1.20. The number of halogens is 1. The van der Waals surface area contributed by atoms with E-state index in [0.29, 0.717) is 12.0 Å². The van der Waals surface area contributed by atoms with Gasteiger partial charge in [0.2, 0.25) is 0 Å². The lowest BCUT2D eigenvalue weighted by molar-refractivity contribution is 0.134. The highest BCUT2D eigenvalue weighted by Crippen LogP contribution is 2.25. The lowest BCUT2D eigenvalue weighted by Crippen LogP contribution is -2.34. The molecule has 0 amide bonds. The zero-order valence-electron chi connectivity index (χ0n) is 9.56. The molecule has 2 atom stereocenters. The fraction of sp³-hybridized carbons (Fsp3) is 0.538. The quantitative estimate of drug-likeness (QED) is 0.922. The van der Waals surface area contributed by atoms with Gasteiger partial charge < -0.3 is 5.11 Å². The molecule has 88 valence electrons. The van der Waals surface area contributed by atoms with Crippen molar-refractivity contribution in [2.45, 2.75) is 25.9 Å². The first-order valence-corrected chi connectivity index (χ1v) is 6.59. The SMILES string of the molecule is CC1CCN(Cc2ccc(Br)cc2)C1CO. The number of aliphatic hydroxyl groups is 1. The highest BCUT2D eigenvalue weighted by molar-refractivity contribution is 9.10. The smallest absolute Gasteiger partial charge is 0.0589 e. The number of hydrogen-bond acceptors (Lipinski definition) is 2. The Morgan fingerprint density at radius 1 is 1.38 bits per heavy atom. The van der Waals surface area contributed by atoms with E-state index in [1.165, 1.54) is 12.0 Å². The van der Waals surface area contributed by atoms with Crippen molar-refractivity contribution < 1.29 is 5.11 Å². The van der Waals surface area contributed by atoms with Crippen molar-refractivity contribution in [2.24, 2.45) is 5.92 Å². The van der Waals surface area contributed by atoms with Crippen LogP contribution in [0.1, 0.15) is 18.9 Å².